The number of amides is 1. The van der Waals surface area contributed by atoms with Crippen LogP contribution in [0.3, 0.4) is 0 Å². The number of aryl methyl sites for hydroxylation is 1. The Morgan fingerprint density at radius 1 is 1.44 bits per heavy atom. The fraction of sp³-hybridized carbons (Fsp3) is 0.500. The molecule has 0 bridgehead atoms. The van der Waals surface area contributed by atoms with Gasteiger partial charge >= 0.3 is 0 Å². The molecule has 0 radical (unpaired) electrons. The van der Waals surface area contributed by atoms with Gasteiger partial charge in [0.2, 0.25) is 0 Å². The summed E-state index contributed by atoms with van der Waals surface area (Å²) in [5.41, 5.74) is 7.89. The number of hydrogen-bond donors (Lipinski definition) is 2. The molecule has 0 fully saturated rings. The van der Waals surface area contributed by atoms with Crippen LogP contribution in [0.25, 0.3) is 0 Å². The number of nitrogens with two attached hydrogens (primary N) is 1. The van der Waals surface area contributed by atoms with E-state index in [1.807, 2.05) is 32.9 Å². The monoisotopic (exact) mass is 250 g/mol. The van der Waals surface area contributed by atoms with Gasteiger partial charge in [-0.3, -0.25) is 4.79 Å². The second-order valence-electron chi connectivity index (χ2n) is 4.82. The van der Waals surface area contributed by atoms with E-state index in [4.69, 9.17) is 10.5 Å². The minimum atomic E-state index is -0.146. The molecule has 0 aromatic heterocycles. The molecular formula is C14H22N2O2. The van der Waals surface area contributed by atoms with Gasteiger partial charge in [0, 0.05) is 12.8 Å². The van der Waals surface area contributed by atoms with E-state index in [2.05, 4.69) is 5.32 Å². The summed E-state index contributed by atoms with van der Waals surface area (Å²) in [6, 6.07) is 5.45. The Hall–Kier alpha value is -1.55. The van der Waals surface area contributed by atoms with Crippen LogP contribution in [-0.2, 0) is 4.74 Å². The zero-order chi connectivity index (χ0) is 13.7. The van der Waals surface area contributed by atoms with Crippen LogP contribution in [0.15, 0.2) is 18.2 Å². The van der Waals surface area contributed by atoms with E-state index in [-0.39, 0.29) is 11.9 Å². The van der Waals surface area contributed by atoms with Gasteiger partial charge in [-0.15, -0.1) is 0 Å². The van der Waals surface area contributed by atoms with E-state index in [1.165, 1.54) is 0 Å². The molecule has 4 heteroatoms. The van der Waals surface area contributed by atoms with E-state index in [9.17, 15) is 4.79 Å². The number of nitrogens with one attached hydrogen (secondary N) is 1. The summed E-state index contributed by atoms with van der Waals surface area (Å²) in [5.74, 6) is 0.159. The van der Waals surface area contributed by atoms with Crippen LogP contribution in [-0.4, -0.2) is 25.7 Å². The highest BCUT2D eigenvalue weighted by atomic mass is 16.5. The molecule has 0 heterocycles. The Balaban J connectivity index is 2.84. The summed E-state index contributed by atoms with van der Waals surface area (Å²) >= 11 is 0. The van der Waals surface area contributed by atoms with Gasteiger partial charge < -0.3 is 15.8 Å². The summed E-state index contributed by atoms with van der Waals surface area (Å²) in [5, 5.41) is 2.96. The molecule has 4 nitrogen and oxygen atoms in total. The average molecular weight is 250 g/mol. The first kappa shape index (κ1) is 14.5. The minimum Gasteiger partial charge on any atom is -0.398 e. The maximum atomic E-state index is 12.2. The predicted octanol–water partition coefficient (Wildman–Crippen LogP) is 1.98. The molecule has 100 valence electrons. The van der Waals surface area contributed by atoms with Crippen molar-refractivity contribution in [2.75, 3.05) is 19.5 Å². The highest BCUT2D eigenvalue weighted by Gasteiger charge is 2.18. The van der Waals surface area contributed by atoms with Crippen molar-refractivity contribution >= 4 is 11.6 Å². The predicted molar refractivity (Wildman–Crippen MR) is 73.6 cm³/mol. The minimum absolute atomic E-state index is 0.0117. The third kappa shape index (κ3) is 3.47. The molecule has 18 heavy (non-hydrogen) atoms. The zero-order valence-corrected chi connectivity index (χ0v) is 11.5. The lowest BCUT2D eigenvalue weighted by atomic mass is 10.0. The molecule has 0 spiro atoms. The number of anilines is 1. The first-order valence-electron chi connectivity index (χ1n) is 6.12. The Bertz CT molecular complexity index is 416. The molecule has 1 amide bonds. The van der Waals surface area contributed by atoms with Gasteiger partial charge in [-0.05, 0) is 24.5 Å². The lowest BCUT2D eigenvalue weighted by molar-refractivity contribution is 0.0867. The lowest BCUT2D eigenvalue weighted by Gasteiger charge is -2.22. The number of carbonyl (C=O) groups excluding carboxylic acids is 1. The number of rotatable bonds is 5. The molecule has 1 aromatic rings. The van der Waals surface area contributed by atoms with Crippen molar-refractivity contribution in [3.8, 4) is 0 Å². The molecule has 0 saturated heterocycles. The van der Waals surface area contributed by atoms with E-state index in [0.29, 0.717) is 23.8 Å². The van der Waals surface area contributed by atoms with Crippen molar-refractivity contribution in [3.63, 3.8) is 0 Å². The van der Waals surface area contributed by atoms with Gasteiger partial charge in [0.05, 0.1) is 18.2 Å². The first-order valence-corrected chi connectivity index (χ1v) is 6.12. The quantitative estimate of drug-likeness (QED) is 0.785. The molecule has 0 aliphatic heterocycles. The number of para-hydroxylation sites is 1. The van der Waals surface area contributed by atoms with Crippen molar-refractivity contribution in [3.05, 3.63) is 29.3 Å². The molecule has 0 saturated carbocycles. The van der Waals surface area contributed by atoms with Crippen molar-refractivity contribution in [2.45, 2.75) is 26.8 Å². The summed E-state index contributed by atoms with van der Waals surface area (Å²) in [4.78, 5) is 12.2. The Morgan fingerprint density at radius 3 is 2.67 bits per heavy atom. The molecule has 0 aliphatic rings. The van der Waals surface area contributed by atoms with Gasteiger partial charge in [0.1, 0.15) is 0 Å². The maximum Gasteiger partial charge on any atom is 0.253 e. The van der Waals surface area contributed by atoms with Crippen molar-refractivity contribution in [1.82, 2.24) is 5.32 Å². The molecular weight excluding hydrogens is 228 g/mol. The van der Waals surface area contributed by atoms with Crippen LogP contribution in [0.2, 0.25) is 0 Å². The van der Waals surface area contributed by atoms with Crippen LogP contribution < -0.4 is 11.1 Å². The van der Waals surface area contributed by atoms with Gasteiger partial charge in [0.25, 0.3) is 5.91 Å². The SMILES string of the molecule is COCC(NC(=O)c1cccc(C)c1N)C(C)C. The highest BCUT2D eigenvalue weighted by molar-refractivity contribution is 5.99. The van der Waals surface area contributed by atoms with Crippen LogP contribution in [0.5, 0.6) is 0 Å². The maximum absolute atomic E-state index is 12.2. The third-order valence-electron chi connectivity index (χ3n) is 3.04. The Kier molecular flexibility index (Phi) is 5.16. The average Bonchev–Trinajstić information content (AvgIpc) is 2.31. The first-order chi connectivity index (χ1) is 8.47. The smallest absolute Gasteiger partial charge is 0.253 e. The second-order valence-corrected chi connectivity index (χ2v) is 4.82. The van der Waals surface area contributed by atoms with Crippen LogP contribution in [0, 0.1) is 12.8 Å². The molecule has 0 aliphatic carbocycles. The van der Waals surface area contributed by atoms with Crippen molar-refractivity contribution in [1.29, 1.82) is 0 Å². The Morgan fingerprint density at radius 2 is 2.11 bits per heavy atom. The van der Waals surface area contributed by atoms with Crippen LogP contribution >= 0.6 is 0 Å². The zero-order valence-electron chi connectivity index (χ0n) is 11.5. The fourth-order valence-electron chi connectivity index (χ4n) is 1.71. The molecule has 1 atom stereocenters. The lowest BCUT2D eigenvalue weighted by Crippen LogP contribution is -2.41. The van der Waals surface area contributed by atoms with Crippen LogP contribution in [0.4, 0.5) is 5.69 Å². The molecule has 1 unspecified atom stereocenters. The number of benzene rings is 1. The van der Waals surface area contributed by atoms with Gasteiger partial charge in [-0.25, -0.2) is 0 Å². The number of ether oxygens (including phenoxy) is 1. The standard InChI is InChI=1S/C14H22N2O2/c1-9(2)12(8-18-4)16-14(17)11-7-5-6-10(3)13(11)15/h5-7,9,12H,8,15H2,1-4H3,(H,16,17). The topological polar surface area (TPSA) is 64.3 Å². The number of nitrogen functional groups attached to an aromatic ring is 1. The summed E-state index contributed by atoms with van der Waals surface area (Å²) < 4.78 is 5.11. The second kappa shape index (κ2) is 6.40. The third-order valence-corrected chi connectivity index (χ3v) is 3.04. The number of methoxy groups -OCH3 is 1. The van der Waals surface area contributed by atoms with E-state index in [1.54, 1.807) is 13.2 Å². The fourth-order valence-corrected chi connectivity index (χ4v) is 1.71. The number of hydrogen-bond acceptors (Lipinski definition) is 3. The largest absolute Gasteiger partial charge is 0.398 e. The normalized spacial score (nSPS) is 12.5. The Labute approximate surface area is 109 Å². The summed E-state index contributed by atoms with van der Waals surface area (Å²) in [6.45, 7) is 6.48. The van der Waals surface area contributed by atoms with E-state index >= 15 is 0 Å². The molecule has 3 N–H and O–H groups in total. The highest BCUT2D eigenvalue weighted by Crippen LogP contribution is 2.16. The molecule has 1 rings (SSSR count). The van der Waals surface area contributed by atoms with Crippen molar-refractivity contribution in [2.24, 2.45) is 5.92 Å². The van der Waals surface area contributed by atoms with Gasteiger partial charge in [-0.1, -0.05) is 26.0 Å². The van der Waals surface area contributed by atoms with Crippen LogP contribution in [0.1, 0.15) is 29.8 Å². The summed E-state index contributed by atoms with van der Waals surface area (Å²) in [6.07, 6.45) is 0. The number of carbonyl (C=O) groups is 1. The summed E-state index contributed by atoms with van der Waals surface area (Å²) in [7, 11) is 1.63. The van der Waals surface area contributed by atoms with Gasteiger partial charge in [-0.2, -0.15) is 0 Å². The van der Waals surface area contributed by atoms with Gasteiger partial charge in [0.15, 0.2) is 0 Å². The van der Waals surface area contributed by atoms with E-state index in [0.717, 1.165) is 5.56 Å². The molecule has 1 aromatic carbocycles. The van der Waals surface area contributed by atoms with Crippen molar-refractivity contribution < 1.29 is 9.53 Å². The van der Waals surface area contributed by atoms with E-state index < -0.39 is 0 Å².